The Morgan fingerprint density at radius 2 is 1.71 bits per heavy atom. The largest absolute Gasteiger partial charge is 0.462 e. The highest BCUT2D eigenvalue weighted by atomic mass is 16.6. The molecule has 1 saturated heterocycles. The molecule has 1 heterocycles. The van der Waals surface area contributed by atoms with Crippen LogP contribution < -0.4 is 4.90 Å². The lowest BCUT2D eigenvalue weighted by Crippen LogP contribution is -2.45. The first kappa shape index (κ1) is 26.2. The number of nitro benzene ring substituents is 1. The molecule has 1 atom stereocenters. The van der Waals surface area contributed by atoms with Crippen molar-refractivity contribution >= 4 is 35.1 Å². The topological polar surface area (TPSA) is 127 Å². The molecular formula is C28H25N3O7. The van der Waals surface area contributed by atoms with E-state index in [2.05, 4.69) is 0 Å². The predicted molar refractivity (Wildman–Crippen MR) is 137 cm³/mol. The van der Waals surface area contributed by atoms with E-state index < -0.39 is 34.7 Å². The van der Waals surface area contributed by atoms with Crippen LogP contribution in [0.25, 0.3) is 0 Å². The summed E-state index contributed by atoms with van der Waals surface area (Å²) in [5, 5.41) is 11.3. The van der Waals surface area contributed by atoms with Crippen LogP contribution >= 0.6 is 0 Å². The van der Waals surface area contributed by atoms with Crippen LogP contribution in [0.4, 0.5) is 11.4 Å². The molecule has 4 rings (SSSR count). The Labute approximate surface area is 218 Å². The summed E-state index contributed by atoms with van der Waals surface area (Å²) in [5.74, 6) is -2.25. The summed E-state index contributed by atoms with van der Waals surface area (Å²) in [6, 6.07) is 17.3. The number of benzene rings is 3. The number of imide groups is 1. The molecule has 1 fully saturated rings. The Hall–Kier alpha value is -4.86. The number of aryl methyl sites for hydroxylation is 1. The van der Waals surface area contributed by atoms with Gasteiger partial charge in [-0.3, -0.25) is 24.5 Å². The third-order valence-electron chi connectivity index (χ3n) is 6.17. The summed E-state index contributed by atoms with van der Waals surface area (Å²) in [5.41, 5.74) is 2.04. The standard InChI is InChI=1S/C28H25N3O7/c1-3-38-28(35)20-11-13-22(14-12-20)30-25(32)16-24(27(30)34)29(17-19-9-7-18(2)8-10-19)26(33)21-5-4-6-23(15-21)31(36)37/h4-15,24H,3,16-17H2,1-2H3. The van der Waals surface area contributed by atoms with Gasteiger partial charge in [0.15, 0.2) is 0 Å². The van der Waals surface area contributed by atoms with Gasteiger partial charge in [-0.2, -0.15) is 0 Å². The molecule has 0 aliphatic carbocycles. The van der Waals surface area contributed by atoms with E-state index in [1.54, 1.807) is 6.92 Å². The molecule has 0 N–H and O–H groups in total. The van der Waals surface area contributed by atoms with Crippen LogP contribution in [-0.4, -0.2) is 46.2 Å². The molecule has 3 amide bonds. The maximum atomic E-state index is 13.6. The summed E-state index contributed by atoms with van der Waals surface area (Å²) in [4.78, 5) is 65.1. The smallest absolute Gasteiger partial charge is 0.338 e. The number of carbonyl (C=O) groups is 4. The third kappa shape index (κ3) is 5.44. The van der Waals surface area contributed by atoms with Gasteiger partial charge in [0, 0.05) is 24.2 Å². The van der Waals surface area contributed by atoms with Crippen molar-refractivity contribution in [2.75, 3.05) is 11.5 Å². The van der Waals surface area contributed by atoms with Gasteiger partial charge in [0.25, 0.3) is 17.5 Å². The SMILES string of the molecule is CCOC(=O)c1ccc(N2C(=O)CC(N(Cc3ccc(C)cc3)C(=O)c3cccc([N+](=O)[O-])c3)C2=O)cc1. The van der Waals surface area contributed by atoms with Gasteiger partial charge < -0.3 is 9.64 Å². The minimum atomic E-state index is -1.12. The minimum Gasteiger partial charge on any atom is -0.462 e. The lowest BCUT2D eigenvalue weighted by molar-refractivity contribution is -0.384. The molecule has 0 aromatic heterocycles. The average molecular weight is 516 g/mol. The van der Waals surface area contributed by atoms with E-state index in [-0.39, 0.29) is 42.1 Å². The van der Waals surface area contributed by atoms with E-state index >= 15 is 0 Å². The van der Waals surface area contributed by atoms with E-state index in [1.165, 1.54) is 47.4 Å². The molecule has 194 valence electrons. The van der Waals surface area contributed by atoms with Gasteiger partial charge in [0.05, 0.1) is 29.2 Å². The number of non-ortho nitro benzene ring substituents is 1. The van der Waals surface area contributed by atoms with E-state index in [0.29, 0.717) is 0 Å². The van der Waals surface area contributed by atoms with E-state index in [1.807, 2.05) is 31.2 Å². The Morgan fingerprint density at radius 1 is 1.03 bits per heavy atom. The van der Waals surface area contributed by atoms with Crippen molar-refractivity contribution < 1.29 is 28.8 Å². The average Bonchev–Trinajstić information content (AvgIpc) is 3.21. The maximum Gasteiger partial charge on any atom is 0.338 e. The summed E-state index contributed by atoms with van der Waals surface area (Å²) >= 11 is 0. The van der Waals surface area contributed by atoms with Crippen molar-refractivity contribution in [3.63, 3.8) is 0 Å². The Balaban J connectivity index is 1.66. The van der Waals surface area contributed by atoms with Crippen molar-refractivity contribution in [3.8, 4) is 0 Å². The van der Waals surface area contributed by atoms with Crippen LogP contribution in [0.2, 0.25) is 0 Å². The fraction of sp³-hybridized carbons (Fsp3) is 0.214. The number of hydrogen-bond acceptors (Lipinski definition) is 7. The normalized spacial score (nSPS) is 14.9. The number of ether oxygens (including phenoxy) is 1. The molecule has 0 spiro atoms. The number of carbonyl (C=O) groups excluding carboxylic acids is 4. The minimum absolute atomic E-state index is 0.0150. The van der Waals surface area contributed by atoms with E-state index in [9.17, 15) is 29.3 Å². The van der Waals surface area contributed by atoms with Crippen molar-refractivity contribution in [2.24, 2.45) is 0 Å². The Morgan fingerprint density at radius 3 is 2.34 bits per heavy atom. The number of anilines is 1. The van der Waals surface area contributed by atoms with Crippen LogP contribution in [0.15, 0.2) is 72.8 Å². The summed E-state index contributed by atoms with van der Waals surface area (Å²) < 4.78 is 4.97. The number of nitro groups is 1. The first-order valence-corrected chi connectivity index (χ1v) is 11.9. The van der Waals surface area contributed by atoms with Gasteiger partial charge >= 0.3 is 5.97 Å². The van der Waals surface area contributed by atoms with Crippen LogP contribution in [0.5, 0.6) is 0 Å². The van der Waals surface area contributed by atoms with Gasteiger partial charge in [-0.15, -0.1) is 0 Å². The molecule has 0 bridgehead atoms. The monoisotopic (exact) mass is 515 g/mol. The van der Waals surface area contributed by atoms with Crippen LogP contribution in [-0.2, 0) is 20.9 Å². The molecule has 0 saturated carbocycles. The van der Waals surface area contributed by atoms with Crippen molar-refractivity contribution in [3.05, 3.63) is 105 Å². The second-order valence-electron chi connectivity index (χ2n) is 8.78. The molecule has 10 nitrogen and oxygen atoms in total. The highest BCUT2D eigenvalue weighted by Crippen LogP contribution is 2.29. The number of hydrogen-bond donors (Lipinski definition) is 0. The zero-order chi connectivity index (χ0) is 27.4. The number of amides is 3. The summed E-state index contributed by atoms with van der Waals surface area (Å²) in [7, 11) is 0. The molecule has 1 aliphatic heterocycles. The molecule has 1 unspecified atom stereocenters. The van der Waals surface area contributed by atoms with Crippen LogP contribution in [0, 0.1) is 17.0 Å². The van der Waals surface area contributed by atoms with E-state index in [0.717, 1.165) is 22.1 Å². The first-order chi connectivity index (χ1) is 18.2. The van der Waals surface area contributed by atoms with Gasteiger partial charge in [-0.25, -0.2) is 9.69 Å². The van der Waals surface area contributed by atoms with Crippen LogP contribution in [0.1, 0.15) is 45.2 Å². The van der Waals surface area contributed by atoms with Crippen LogP contribution in [0.3, 0.4) is 0 Å². The van der Waals surface area contributed by atoms with Gasteiger partial charge in [-0.05, 0) is 49.7 Å². The maximum absolute atomic E-state index is 13.6. The summed E-state index contributed by atoms with van der Waals surface area (Å²) in [6.07, 6.45) is -0.259. The van der Waals surface area contributed by atoms with Crippen molar-refractivity contribution in [1.82, 2.24) is 4.90 Å². The van der Waals surface area contributed by atoms with E-state index in [4.69, 9.17) is 4.74 Å². The van der Waals surface area contributed by atoms with Crippen molar-refractivity contribution in [1.29, 1.82) is 0 Å². The molecule has 0 radical (unpaired) electrons. The van der Waals surface area contributed by atoms with Crippen molar-refractivity contribution in [2.45, 2.75) is 32.9 Å². The predicted octanol–water partition coefficient (Wildman–Crippen LogP) is 4.05. The number of nitrogens with zero attached hydrogens (tertiary/aromatic N) is 3. The lowest BCUT2D eigenvalue weighted by atomic mass is 10.1. The molecule has 3 aromatic carbocycles. The first-order valence-electron chi connectivity index (χ1n) is 11.9. The highest BCUT2D eigenvalue weighted by Gasteiger charge is 2.44. The zero-order valence-corrected chi connectivity index (χ0v) is 20.8. The Kier molecular flexibility index (Phi) is 7.61. The Bertz CT molecular complexity index is 1400. The second-order valence-corrected chi connectivity index (χ2v) is 8.78. The number of rotatable bonds is 8. The summed E-state index contributed by atoms with van der Waals surface area (Å²) in [6.45, 7) is 3.83. The highest BCUT2D eigenvalue weighted by molar-refractivity contribution is 6.23. The molecule has 38 heavy (non-hydrogen) atoms. The van der Waals surface area contributed by atoms with Gasteiger partial charge in [0.2, 0.25) is 5.91 Å². The molecule has 3 aromatic rings. The molecule has 1 aliphatic rings. The second kappa shape index (κ2) is 11.0. The van der Waals surface area contributed by atoms with Gasteiger partial charge in [-0.1, -0.05) is 35.9 Å². The fourth-order valence-corrected chi connectivity index (χ4v) is 4.22. The zero-order valence-electron chi connectivity index (χ0n) is 20.8. The molecule has 10 heteroatoms. The number of esters is 1. The fourth-order valence-electron chi connectivity index (χ4n) is 4.22. The quantitative estimate of drug-likeness (QED) is 0.192. The van der Waals surface area contributed by atoms with Gasteiger partial charge in [0.1, 0.15) is 6.04 Å². The lowest BCUT2D eigenvalue weighted by Gasteiger charge is -2.28. The third-order valence-corrected chi connectivity index (χ3v) is 6.17. The molecular weight excluding hydrogens is 490 g/mol.